The fourth-order valence-electron chi connectivity index (χ4n) is 0.905. The topological polar surface area (TPSA) is 9.23 Å². The van der Waals surface area contributed by atoms with Gasteiger partial charge in [-0.05, 0) is 24.7 Å². The number of hydrogen-bond acceptors (Lipinski definition) is 1. The molecule has 0 unspecified atom stereocenters. The van der Waals surface area contributed by atoms with Crippen LogP contribution in [0.25, 0.3) is 0 Å². The molecule has 73 valence electrons. The average Bonchev–Trinajstić information content (AvgIpc) is 1.94. The maximum atomic E-state index is 5.41. The maximum Gasteiger partial charge on any atom is 0.0497 e. The molecule has 1 radical (unpaired) electrons. The largest absolute Gasteiger partial charge is 0.381 e. The summed E-state index contributed by atoms with van der Waals surface area (Å²) in [4.78, 5) is 0. The molecule has 0 saturated heterocycles. The van der Waals surface area contributed by atoms with E-state index in [0.717, 1.165) is 19.6 Å². The molecule has 0 aliphatic rings. The summed E-state index contributed by atoms with van der Waals surface area (Å²) in [5.41, 5.74) is 0.411. The number of unbranched alkanes of at least 4 members (excludes halogenated alkanes) is 1. The van der Waals surface area contributed by atoms with Crippen LogP contribution in [-0.2, 0) is 4.74 Å². The first-order chi connectivity index (χ1) is 5.56. The molecule has 1 nitrogen and oxygen atoms in total. The molecule has 12 heavy (non-hydrogen) atoms. The van der Waals surface area contributed by atoms with E-state index < -0.39 is 0 Å². The first-order valence-corrected chi connectivity index (χ1v) is 4.95. The molecule has 0 amide bonds. The van der Waals surface area contributed by atoms with Crippen molar-refractivity contribution < 1.29 is 4.74 Å². The van der Waals surface area contributed by atoms with Crippen molar-refractivity contribution in [3.05, 3.63) is 6.42 Å². The van der Waals surface area contributed by atoms with E-state index in [1.54, 1.807) is 0 Å². The smallest absolute Gasteiger partial charge is 0.0497 e. The second-order valence-electron chi connectivity index (χ2n) is 4.48. The fraction of sp³-hybridized carbons (Fsp3) is 0.909. The quantitative estimate of drug-likeness (QED) is 0.556. The summed E-state index contributed by atoms with van der Waals surface area (Å²) in [7, 11) is 0. The van der Waals surface area contributed by atoms with Crippen LogP contribution in [0.15, 0.2) is 0 Å². The van der Waals surface area contributed by atoms with Gasteiger partial charge in [0.25, 0.3) is 0 Å². The summed E-state index contributed by atoms with van der Waals surface area (Å²) in [5.74, 6) is 0. The van der Waals surface area contributed by atoms with Crippen molar-refractivity contribution in [2.45, 2.75) is 47.0 Å². The predicted molar refractivity (Wildman–Crippen MR) is 54.1 cm³/mol. The summed E-state index contributed by atoms with van der Waals surface area (Å²) in [6.45, 7) is 10.7. The lowest BCUT2D eigenvalue weighted by molar-refractivity contribution is 0.145. The minimum absolute atomic E-state index is 0.411. The molecule has 0 N–H and O–H groups in total. The van der Waals surface area contributed by atoms with E-state index in [9.17, 15) is 0 Å². The summed E-state index contributed by atoms with van der Waals surface area (Å²) >= 11 is 0. The molecule has 1 heteroatoms. The molecule has 0 aromatic heterocycles. The van der Waals surface area contributed by atoms with Gasteiger partial charge in [0, 0.05) is 13.2 Å². The zero-order valence-electron chi connectivity index (χ0n) is 9.02. The Kier molecular flexibility index (Phi) is 6.45. The van der Waals surface area contributed by atoms with E-state index in [-0.39, 0.29) is 0 Å². The molecule has 0 aliphatic heterocycles. The highest BCUT2D eigenvalue weighted by atomic mass is 16.5. The Bertz CT molecular complexity index is 91.7. The van der Waals surface area contributed by atoms with Crippen molar-refractivity contribution in [3.63, 3.8) is 0 Å². The van der Waals surface area contributed by atoms with Gasteiger partial charge in [0.1, 0.15) is 0 Å². The SMILES string of the molecule is CCCCOC[CH]CC(C)(C)C. The molecule has 0 fully saturated rings. The summed E-state index contributed by atoms with van der Waals surface area (Å²) in [6, 6.07) is 0. The highest BCUT2D eigenvalue weighted by Crippen LogP contribution is 2.19. The van der Waals surface area contributed by atoms with Crippen LogP contribution in [-0.4, -0.2) is 13.2 Å². The predicted octanol–water partition coefficient (Wildman–Crippen LogP) is 3.44. The standard InChI is InChI=1S/C11H23O/c1-5-6-9-12-10-7-8-11(2,3)4/h7H,5-6,8-10H2,1-4H3. The van der Waals surface area contributed by atoms with Crippen molar-refractivity contribution in [2.75, 3.05) is 13.2 Å². The third-order valence-electron chi connectivity index (χ3n) is 1.63. The third kappa shape index (κ3) is 9.96. The highest BCUT2D eigenvalue weighted by molar-refractivity contribution is 4.73. The van der Waals surface area contributed by atoms with Crippen LogP contribution in [0.3, 0.4) is 0 Å². The lowest BCUT2D eigenvalue weighted by Crippen LogP contribution is -2.07. The molecule has 0 bridgehead atoms. The molecular weight excluding hydrogens is 148 g/mol. The minimum atomic E-state index is 0.411. The Morgan fingerprint density at radius 3 is 2.42 bits per heavy atom. The first-order valence-electron chi connectivity index (χ1n) is 4.95. The van der Waals surface area contributed by atoms with Gasteiger partial charge in [0.05, 0.1) is 0 Å². The third-order valence-corrected chi connectivity index (χ3v) is 1.63. The maximum absolute atomic E-state index is 5.41. The van der Waals surface area contributed by atoms with E-state index in [1.807, 2.05) is 0 Å². The molecule has 0 spiro atoms. The van der Waals surface area contributed by atoms with Gasteiger partial charge in [0.2, 0.25) is 0 Å². The Hall–Kier alpha value is -0.0400. The zero-order chi connectivity index (χ0) is 9.45. The van der Waals surface area contributed by atoms with Crippen LogP contribution in [0.4, 0.5) is 0 Å². The van der Waals surface area contributed by atoms with Crippen LogP contribution < -0.4 is 0 Å². The van der Waals surface area contributed by atoms with Crippen molar-refractivity contribution in [2.24, 2.45) is 5.41 Å². The molecule has 0 heterocycles. The van der Waals surface area contributed by atoms with Crippen LogP contribution >= 0.6 is 0 Å². The highest BCUT2D eigenvalue weighted by Gasteiger charge is 2.08. The molecule has 0 saturated carbocycles. The summed E-state index contributed by atoms with van der Waals surface area (Å²) in [6.07, 6.45) is 5.78. The zero-order valence-corrected chi connectivity index (χ0v) is 9.02. The Balaban J connectivity index is 3.01. The fourth-order valence-corrected chi connectivity index (χ4v) is 0.905. The van der Waals surface area contributed by atoms with E-state index in [2.05, 4.69) is 34.1 Å². The normalized spacial score (nSPS) is 12.0. The van der Waals surface area contributed by atoms with E-state index in [0.29, 0.717) is 5.41 Å². The first kappa shape index (κ1) is 12.0. The van der Waals surface area contributed by atoms with Gasteiger partial charge in [-0.1, -0.05) is 34.1 Å². The van der Waals surface area contributed by atoms with Gasteiger partial charge in [-0.15, -0.1) is 0 Å². The van der Waals surface area contributed by atoms with Gasteiger partial charge in [-0.2, -0.15) is 0 Å². The van der Waals surface area contributed by atoms with Crippen molar-refractivity contribution in [1.29, 1.82) is 0 Å². The second-order valence-corrected chi connectivity index (χ2v) is 4.48. The number of rotatable bonds is 6. The van der Waals surface area contributed by atoms with Crippen LogP contribution in [0.5, 0.6) is 0 Å². The number of ether oxygens (including phenoxy) is 1. The van der Waals surface area contributed by atoms with Gasteiger partial charge < -0.3 is 4.74 Å². The van der Waals surface area contributed by atoms with Crippen LogP contribution in [0.2, 0.25) is 0 Å². The van der Waals surface area contributed by atoms with E-state index in [4.69, 9.17) is 4.74 Å². The molecule has 0 aliphatic carbocycles. The van der Waals surface area contributed by atoms with Crippen molar-refractivity contribution in [3.8, 4) is 0 Å². The molecule has 0 rings (SSSR count). The van der Waals surface area contributed by atoms with E-state index >= 15 is 0 Å². The summed E-state index contributed by atoms with van der Waals surface area (Å²) < 4.78 is 5.41. The Morgan fingerprint density at radius 1 is 1.25 bits per heavy atom. The number of hydrogen-bond donors (Lipinski definition) is 0. The Morgan fingerprint density at radius 2 is 1.92 bits per heavy atom. The van der Waals surface area contributed by atoms with Crippen molar-refractivity contribution in [1.82, 2.24) is 0 Å². The second kappa shape index (κ2) is 6.47. The van der Waals surface area contributed by atoms with Crippen LogP contribution in [0.1, 0.15) is 47.0 Å². The summed E-state index contributed by atoms with van der Waals surface area (Å²) in [5, 5.41) is 0. The molecular formula is C11H23O. The lowest BCUT2D eigenvalue weighted by Gasteiger charge is -2.17. The monoisotopic (exact) mass is 171 g/mol. The van der Waals surface area contributed by atoms with Gasteiger partial charge in [-0.25, -0.2) is 0 Å². The lowest BCUT2D eigenvalue weighted by atomic mass is 9.91. The van der Waals surface area contributed by atoms with Gasteiger partial charge in [0.15, 0.2) is 0 Å². The molecule has 0 atom stereocenters. The van der Waals surface area contributed by atoms with Gasteiger partial charge >= 0.3 is 0 Å². The molecule has 0 aromatic carbocycles. The molecule has 0 aromatic rings. The van der Waals surface area contributed by atoms with Crippen LogP contribution in [0, 0.1) is 11.8 Å². The average molecular weight is 171 g/mol. The Labute approximate surface area is 77.5 Å². The van der Waals surface area contributed by atoms with E-state index in [1.165, 1.54) is 12.8 Å². The minimum Gasteiger partial charge on any atom is -0.381 e. The van der Waals surface area contributed by atoms with Gasteiger partial charge in [-0.3, -0.25) is 0 Å². The van der Waals surface area contributed by atoms with Crippen molar-refractivity contribution >= 4 is 0 Å².